The van der Waals surface area contributed by atoms with Gasteiger partial charge in [-0.1, -0.05) is 202 Å². The number of hydrogen-bond acceptors (Lipinski definition) is 1. The second-order valence-electron chi connectivity index (χ2n) is 15.7. The Morgan fingerprint density at radius 3 is 1.47 bits per heavy atom. The summed E-state index contributed by atoms with van der Waals surface area (Å²) in [5.74, 6) is 0. The van der Waals surface area contributed by atoms with Gasteiger partial charge in [-0.05, 0) is 109 Å². The molecule has 1 nitrogen and oxygen atoms in total. The Morgan fingerprint density at radius 2 is 0.776 bits per heavy atom. The van der Waals surface area contributed by atoms with Gasteiger partial charge in [-0.2, -0.15) is 0 Å². The number of anilines is 3. The summed E-state index contributed by atoms with van der Waals surface area (Å²) in [6, 6.07) is 81.8. The van der Waals surface area contributed by atoms with Crippen molar-refractivity contribution >= 4 is 17.1 Å². The summed E-state index contributed by atoms with van der Waals surface area (Å²) in [5.41, 5.74) is 20.6. The molecule has 9 aromatic rings. The van der Waals surface area contributed by atoms with Crippen LogP contribution in [0.2, 0.25) is 0 Å². The maximum Gasteiger partial charge on any atom is 0.0540 e. The molecule has 0 heterocycles. The zero-order valence-electron chi connectivity index (χ0n) is 32.8. The zero-order valence-corrected chi connectivity index (χ0v) is 32.8. The fraction of sp³-hybridized carbons (Fsp3) is 0.0526. The Morgan fingerprint density at radius 1 is 0.293 bits per heavy atom. The van der Waals surface area contributed by atoms with Crippen molar-refractivity contribution in [2.24, 2.45) is 0 Å². The predicted molar refractivity (Wildman–Crippen MR) is 246 cm³/mol. The zero-order chi connectivity index (χ0) is 39.1. The summed E-state index contributed by atoms with van der Waals surface area (Å²) in [5, 5.41) is 0. The molecule has 58 heavy (non-hydrogen) atoms. The Kier molecular flexibility index (Phi) is 8.92. The molecule has 9 aromatic carbocycles. The predicted octanol–water partition coefficient (Wildman–Crippen LogP) is 15.8. The minimum Gasteiger partial charge on any atom is -0.310 e. The van der Waals surface area contributed by atoms with E-state index in [0.717, 1.165) is 17.1 Å². The molecule has 0 spiro atoms. The second-order valence-corrected chi connectivity index (χ2v) is 15.7. The Labute approximate surface area is 342 Å². The van der Waals surface area contributed by atoms with E-state index in [1.807, 2.05) is 0 Å². The summed E-state index contributed by atoms with van der Waals surface area (Å²) >= 11 is 0. The Balaban J connectivity index is 1.17. The smallest absolute Gasteiger partial charge is 0.0540 e. The van der Waals surface area contributed by atoms with Gasteiger partial charge >= 0.3 is 0 Å². The molecule has 0 aromatic heterocycles. The van der Waals surface area contributed by atoms with E-state index in [1.165, 1.54) is 77.9 Å². The van der Waals surface area contributed by atoms with E-state index in [-0.39, 0.29) is 5.41 Å². The molecule has 0 N–H and O–H groups in total. The maximum absolute atomic E-state index is 2.45. The van der Waals surface area contributed by atoms with Crippen molar-refractivity contribution in [3.8, 4) is 66.8 Å². The molecule has 0 atom stereocenters. The van der Waals surface area contributed by atoms with Crippen molar-refractivity contribution in [1.82, 2.24) is 0 Å². The topological polar surface area (TPSA) is 3.24 Å². The Bertz CT molecular complexity index is 2890. The van der Waals surface area contributed by atoms with Gasteiger partial charge in [0.05, 0.1) is 5.69 Å². The first kappa shape index (κ1) is 35.2. The van der Waals surface area contributed by atoms with Crippen LogP contribution in [0.4, 0.5) is 17.1 Å². The van der Waals surface area contributed by atoms with Crippen molar-refractivity contribution in [3.05, 3.63) is 236 Å². The third kappa shape index (κ3) is 6.22. The van der Waals surface area contributed by atoms with Gasteiger partial charge in [0, 0.05) is 22.4 Å². The van der Waals surface area contributed by atoms with E-state index in [1.54, 1.807) is 0 Å². The number of benzene rings is 9. The number of hydrogen-bond donors (Lipinski definition) is 0. The summed E-state index contributed by atoms with van der Waals surface area (Å²) < 4.78 is 0. The highest BCUT2D eigenvalue weighted by molar-refractivity contribution is 5.99. The number of fused-ring (bicyclic) bond motifs is 3. The molecule has 0 bridgehead atoms. The van der Waals surface area contributed by atoms with Crippen LogP contribution in [0.5, 0.6) is 0 Å². The third-order valence-corrected chi connectivity index (χ3v) is 11.9. The lowest BCUT2D eigenvalue weighted by molar-refractivity contribution is 0.660. The van der Waals surface area contributed by atoms with Crippen LogP contribution in [0.15, 0.2) is 224 Å². The van der Waals surface area contributed by atoms with Crippen molar-refractivity contribution in [1.29, 1.82) is 0 Å². The molecular formula is C57H43N. The summed E-state index contributed by atoms with van der Waals surface area (Å²) in [4.78, 5) is 2.45. The number of rotatable bonds is 8. The molecule has 1 aliphatic carbocycles. The number of para-hydroxylation sites is 1. The molecule has 0 radical (unpaired) electrons. The molecule has 10 rings (SSSR count). The average molecular weight is 742 g/mol. The average Bonchev–Trinajstić information content (AvgIpc) is 3.54. The van der Waals surface area contributed by atoms with E-state index < -0.39 is 0 Å². The minimum absolute atomic E-state index is 0.0952. The molecule has 0 fully saturated rings. The van der Waals surface area contributed by atoms with Crippen LogP contribution < -0.4 is 4.90 Å². The van der Waals surface area contributed by atoms with E-state index >= 15 is 0 Å². The molecule has 0 saturated heterocycles. The van der Waals surface area contributed by atoms with Crippen LogP contribution >= 0.6 is 0 Å². The van der Waals surface area contributed by atoms with Crippen molar-refractivity contribution in [3.63, 3.8) is 0 Å². The van der Waals surface area contributed by atoms with E-state index in [2.05, 4.69) is 243 Å². The highest BCUT2D eigenvalue weighted by Crippen LogP contribution is 2.54. The van der Waals surface area contributed by atoms with Crippen LogP contribution in [0.3, 0.4) is 0 Å². The molecule has 0 aliphatic heterocycles. The van der Waals surface area contributed by atoms with Gasteiger partial charge in [0.2, 0.25) is 0 Å². The molecule has 276 valence electrons. The first-order valence-corrected chi connectivity index (χ1v) is 20.2. The maximum atomic E-state index is 2.45. The molecule has 0 amide bonds. The Hall–Kier alpha value is -7.22. The van der Waals surface area contributed by atoms with E-state index in [4.69, 9.17) is 0 Å². The van der Waals surface area contributed by atoms with E-state index in [9.17, 15) is 0 Å². The molecule has 1 heteroatoms. The fourth-order valence-electron chi connectivity index (χ4n) is 9.01. The molecule has 0 unspecified atom stereocenters. The largest absolute Gasteiger partial charge is 0.310 e. The molecule has 0 saturated carbocycles. The third-order valence-electron chi connectivity index (χ3n) is 11.9. The van der Waals surface area contributed by atoms with E-state index in [0.29, 0.717) is 0 Å². The lowest BCUT2D eigenvalue weighted by Crippen LogP contribution is -2.15. The van der Waals surface area contributed by atoms with Gasteiger partial charge in [0.25, 0.3) is 0 Å². The van der Waals surface area contributed by atoms with Gasteiger partial charge in [-0.15, -0.1) is 0 Å². The van der Waals surface area contributed by atoms with Crippen molar-refractivity contribution in [2.45, 2.75) is 19.3 Å². The van der Waals surface area contributed by atoms with Gasteiger partial charge in [0.1, 0.15) is 0 Å². The lowest BCUT2D eigenvalue weighted by Gasteiger charge is -2.29. The van der Waals surface area contributed by atoms with Crippen LogP contribution in [0, 0.1) is 0 Å². The highest BCUT2D eigenvalue weighted by atomic mass is 15.1. The monoisotopic (exact) mass is 741 g/mol. The summed E-state index contributed by atoms with van der Waals surface area (Å²) in [7, 11) is 0. The first-order chi connectivity index (χ1) is 28.5. The summed E-state index contributed by atoms with van der Waals surface area (Å²) in [6.45, 7) is 4.71. The second kappa shape index (κ2) is 14.7. The van der Waals surface area contributed by atoms with Gasteiger partial charge < -0.3 is 4.90 Å². The first-order valence-electron chi connectivity index (χ1n) is 20.2. The standard InChI is InChI=1S/C57H43N/c1-57(2)53-29-14-12-27-51(53)56-50(28-17-30-54(56)57)49-26-13-15-31-55(49)58(46-34-32-41(33-35-46)45-25-16-24-44(38-45)40-18-6-3-7-19-40)47-36-37-48(42-20-8-4-9-21-42)52(39-47)43-22-10-5-11-23-43/h3-39H,1-2H3. The molecule has 1 aliphatic rings. The van der Waals surface area contributed by atoms with Gasteiger partial charge in [-0.25, -0.2) is 0 Å². The van der Waals surface area contributed by atoms with Crippen LogP contribution in [0.1, 0.15) is 25.0 Å². The SMILES string of the molecule is CC1(C)c2ccccc2-c2c(-c3ccccc3N(c3ccc(-c4cccc(-c5ccccc5)c4)cc3)c3ccc(-c4ccccc4)c(-c4ccccc4)c3)cccc21. The van der Waals surface area contributed by atoms with Crippen molar-refractivity contribution in [2.75, 3.05) is 4.90 Å². The van der Waals surface area contributed by atoms with Crippen LogP contribution in [-0.4, -0.2) is 0 Å². The quantitative estimate of drug-likeness (QED) is 0.150. The normalized spacial score (nSPS) is 12.4. The molecular weight excluding hydrogens is 699 g/mol. The minimum atomic E-state index is -0.0952. The highest BCUT2D eigenvalue weighted by Gasteiger charge is 2.37. The van der Waals surface area contributed by atoms with Gasteiger partial charge in [0.15, 0.2) is 0 Å². The van der Waals surface area contributed by atoms with Crippen LogP contribution in [-0.2, 0) is 5.41 Å². The summed E-state index contributed by atoms with van der Waals surface area (Å²) in [6.07, 6.45) is 0. The number of nitrogens with zero attached hydrogens (tertiary/aromatic N) is 1. The van der Waals surface area contributed by atoms with Crippen molar-refractivity contribution < 1.29 is 0 Å². The fourth-order valence-corrected chi connectivity index (χ4v) is 9.01. The van der Waals surface area contributed by atoms with Gasteiger partial charge in [-0.3, -0.25) is 0 Å². The lowest BCUT2D eigenvalue weighted by atomic mass is 9.82. The van der Waals surface area contributed by atoms with Crippen LogP contribution in [0.25, 0.3) is 66.8 Å².